The molecule has 0 aromatic heterocycles. The first kappa shape index (κ1) is 15.3. The molecule has 0 aliphatic carbocycles. The fourth-order valence-corrected chi connectivity index (χ4v) is 4.80. The molecule has 1 fully saturated rings. The van der Waals surface area contributed by atoms with Gasteiger partial charge >= 0.3 is 0 Å². The molecule has 0 radical (unpaired) electrons. The van der Waals surface area contributed by atoms with Crippen LogP contribution in [0.25, 0.3) is 0 Å². The monoisotopic (exact) mass is 365 g/mol. The van der Waals surface area contributed by atoms with Gasteiger partial charge in [-0.25, -0.2) is 8.42 Å². The van der Waals surface area contributed by atoms with Crippen LogP contribution in [-0.4, -0.2) is 25.8 Å². The predicted molar refractivity (Wildman–Crippen MR) is 80.9 cm³/mol. The summed E-state index contributed by atoms with van der Waals surface area (Å²) in [5, 5.41) is 0. The molecule has 3 nitrogen and oxygen atoms in total. The summed E-state index contributed by atoms with van der Waals surface area (Å²) in [5.41, 5.74) is 0.814. The Kier molecular flexibility index (Phi) is 4.93. The van der Waals surface area contributed by atoms with Gasteiger partial charge in [0.1, 0.15) is 0 Å². The molecule has 0 unspecified atom stereocenters. The van der Waals surface area contributed by atoms with E-state index in [2.05, 4.69) is 22.9 Å². The van der Waals surface area contributed by atoms with Crippen LogP contribution in [0.1, 0.15) is 25.3 Å². The zero-order valence-corrected chi connectivity index (χ0v) is 13.9. The minimum atomic E-state index is -3.42. The number of rotatable bonds is 3. The normalized spacial score (nSPS) is 18.7. The van der Waals surface area contributed by atoms with E-state index >= 15 is 0 Å². The maximum absolute atomic E-state index is 12.6. The number of alkyl halides is 1. The number of sulfonamides is 1. The SMILES string of the molecule is CC1CCN(S(=O)(=O)c2cc(CCl)ccc2Br)CC1. The summed E-state index contributed by atoms with van der Waals surface area (Å²) in [4.78, 5) is 0.320. The van der Waals surface area contributed by atoms with Gasteiger partial charge in [-0.05, 0) is 52.4 Å². The van der Waals surface area contributed by atoms with E-state index < -0.39 is 10.0 Å². The number of benzene rings is 1. The number of nitrogens with zero attached hydrogens (tertiary/aromatic N) is 1. The Morgan fingerprint density at radius 2 is 2.00 bits per heavy atom. The number of hydrogen-bond donors (Lipinski definition) is 0. The van der Waals surface area contributed by atoms with Crippen molar-refractivity contribution in [3.8, 4) is 0 Å². The zero-order valence-electron chi connectivity index (χ0n) is 10.8. The zero-order chi connectivity index (χ0) is 14.0. The van der Waals surface area contributed by atoms with E-state index in [4.69, 9.17) is 11.6 Å². The lowest BCUT2D eigenvalue weighted by Gasteiger charge is -2.29. The average Bonchev–Trinajstić information content (AvgIpc) is 2.39. The van der Waals surface area contributed by atoms with E-state index in [1.807, 2.05) is 6.07 Å². The number of hydrogen-bond acceptors (Lipinski definition) is 2. The minimum absolute atomic E-state index is 0.312. The second-order valence-electron chi connectivity index (χ2n) is 4.99. The summed E-state index contributed by atoms with van der Waals surface area (Å²) in [7, 11) is -3.42. The van der Waals surface area contributed by atoms with Crippen molar-refractivity contribution in [1.82, 2.24) is 4.31 Å². The highest BCUT2D eigenvalue weighted by molar-refractivity contribution is 9.10. The molecule has 1 aromatic carbocycles. The van der Waals surface area contributed by atoms with Crippen LogP contribution in [0.4, 0.5) is 0 Å². The third kappa shape index (κ3) is 3.32. The summed E-state index contributed by atoms with van der Waals surface area (Å²) >= 11 is 9.11. The summed E-state index contributed by atoms with van der Waals surface area (Å²) < 4.78 is 27.4. The molecule has 1 saturated heterocycles. The first-order valence-corrected chi connectivity index (χ1v) is 9.06. The first-order valence-electron chi connectivity index (χ1n) is 6.29. The second kappa shape index (κ2) is 6.12. The molecule has 0 saturated carbocycles. The van der Waals surface area contributed by atoms with Crippen LogP contribution >= 0.6 is 27.5 Å². The van der Waals surface area contributed by atoms with Gasteiger partial charge in [0.05, 0.1) is 4.90 Å². The lowest BCUT2D eigenvalue weighted by Crippen LogP contribution is -2.38. The highest BCUT2D eigenvalue weighted by Crippen LogP contribution is 2.29. The van der Waals surface area contributed by atoms with Crippen molar-refractivity contribution in [1.29, 1.82) is 0 Å². The van der Waals surface area contributed by atoms with E-state index in [1.165, 1.54) is 0 Å². The molecule has 1 heterocycles. The lowest BCUT2D eigenvalue weighted by atomic mass is 10.0. The van der Waals surface area contributed by atoms with E-state index in [0.29, 0.717) is 34.3 Å². The van der Waals surface area contributed by atoms with Crippen LogP contribution < -0.4 is 0 Å². The summed E-state index contributed by atoms with van der Waals surface area (Å²) in [6.45, 7) is 3.36. The molecule has 106 valence electrons. The van der Waals surface area contributed by atoms with Crippen molar-refractivity contribution in [2.24, 2.45) is 5.92 Å². The third-order valence-electron chi connectivity index (χ3n) is 3.51. The van der Waals surface area contributed by atoms with Gasteiger partial charge in [0.25, 0.3) is 0 Å². The van der Waals surface area contributed by atoms with Crippen LogP contribution in [0, 0.1) is 5.92 Å². The summed E-state index contributed by atoms with van der Waals surface area (Å²) in [5.74, 6) is 0.913. The predicted octanol–water partition coefficient (Wildman–Crippen LogP) is 3.61. The Bertz CT molecular complexity index is 554. The van der Waals surface area contributed by atoms with Crippen molar-refractivity contribution in [2.45, 2.75) is 30.5 Å². The molecule has 19 heavy (non-hydrogen) atoms. The third-order valence-corrected chi connectivity index (χ3v) is 6.71. The molecule has 0 atom stereocenters. The van der Waals surface area contributed by atoms with E-state index in [1.54, 1.807) is 16.4 Å². The quantitative estimate of drug-likeness (QED) is 0.766. The van der Waals surface area contributed by atoms with Crippen LogP contribution in [0.15, 0.2) is 27.6 Å². The Labute approximate surface area is 128 Å². The van der Waals surface area contributed by atoms with Crippen molar-refractivity contribution < 1.29 is 8.42 Å². The van der Waals surface area contributed by atoms with E-state index in [9.17, 15) is 8.42 Å². The minimum Gasteiger partial charge on any atom is -0.207 e. The highest BCUT2D eigenvalue weighted by Gasteiger charge is 2.29. The van der Waals surface area contributed by atoms with Crippen LogP contribution in [0.2, 0.25) is 0 Å². The lowest BCUT2D eigenvalue weighted by molar-refractivity contribution is 0.288. The van der Waals surface area contributed by atoms with Crippen LogP contribution in [0.3, 0.4) is 0 Å². The summed E-state index contributed by atoms with van der Waals surface area (Å²) in [6, 6.07) is 5.23. The van der Waals surface area contributed by atoms with Crippen LogP contribution in [0.5, 0.6) is 0 Å². The molecule has 1 aromatic rings. The molecule has 1 aliphatic heterocycles. The Balaban J connectivity index is 2.34. The molecule has 2 rings (SSSR count). The van der Waals surface area contributed by atoms with Gasteiger partial charge in [0.2, 0.25) is 10.0 Å². The smallest absolute Gasteiger partial charge is 0.207 e. The molecule has 0 amide bonds. The first-order chi connectivity index (χ1) is 8.95. The van der Waals surface area contributed by atoms with Gasteiger partial charge in [-0.1, -0.05) is 13.0 Å². The standard InChI is InChI=1S/C13H17BrClNO2S/c1-10-4-6-16(7-5-10)19(17,18)13-8-11(9-15)2-3-12(13)14/h2-3,8,10H,4-7,9H2,1H3. The maximum Gasteiger partial charge on any atom is 0.244 e. The van der Waals surface area contributed by atoms with Gasteiger partial charge in [-0.3, -0.25) is 0 Å². The van der Waals surface area contributed by atoms with E-state index in [-0.39, 0.29) is 0 Å². The van der Waals surface area contributed by atoms with Gasteiger partial charge in [-0.2, -0.15) is 4.31 Å². The van der Waals surface area contributed by atoms with Gasteiger partial charge in [0, 0.05) is 23.4 Å². The van der Waals surface area contributed by atoms with E-state index in [0.717, 1.165) is 18.4 Å². The molecule has 0 N–H and O–H groups in total. The fraction of sp³-hybridized carbons (Fsp3) is 0.538. The Morgan fingerprint density at radius 3 is 2.58 bits per heavy atom. The molecule has 6 heteroatoms. The number of halogens is 2. The largest absolute Gasteiger partial charge is 0.244 e. The average molecular weight is 367 g/mol. The topological polar surface area (TPSA) is 37.4 Å². The molecular weight excluding hydrogens is 350 g/mol. The number of piperidine rings is 1. The van der Waals surface area contributed by atoms with Crippen molar-refractivity contribution >= 4 is 37.6 Å². The fourth-order valence-electron chi connectivity index (χ4n) is 2.19. The molecule has 1 aliphatic rings. The van der Waals surface area contributed by atoms with Gasteiger partial charge < -0.3 is 0 Å². The van der Waals surface area contributed by atoms with Crippen molar-refractivity contribution in [3.63, 3.8) is 0 Å². The maximum atomic E-state index is 12.6. The van der Waals surface area contributed by atoms with Crippen molar-refractivity contribution in [3.05, 3.63) is 28.2 Å². The van der Waals surface area contributed by atoms with Gasteiger partial charge in [-0.15, -0.1) is 11.6 Å². The Hall–Kier alpha value is -0.100. The van der Waals surface area contributed by atoms with Crippen molar-refractivity contribution in [2.75, 3.05) is 13.1 Å². The molecular formula is C13H17BrClNO2S. The molecule has 0 spiro atoms. The summed E-state index contributed by atoms with van der Waals surface area (Å²) in [6.07, 6.45) is 1.85. The van der Waals surface area contributed by atoms with Gasteiger partial charge in [0.15, 0.2) is 0 Å². The second-order valence-corrected chi connectivity index (χ2v) is 8.01. The van der Waals surface area contributed by atoms with Crippen LogP contribution in [-0.2, 0) is 15.9 Å². The Morgan fingerprint density at radius 1 is 1.37 bits per heavy atom. The molecule has 0 bridgehead atoms. The highest BCUT2D eigenvalue weighted by atomic mass is 79.9.